The van der Waals surface area contributed by atoms with Crippen molar-refractivity contribution in [3.8, 4) is 0 Å². The molecule has 3 heteroatoms. The summed E-state index contributed by atoms with van der Waals surface area (Å²) in [6, 6.07) is 2.44. The highest BCUT2D eigenvalue weighted by Gasteiger charge is 2.21. The van der Waals surface area contributed by atoms with Gasteiger partial charge in [-0.15, -0.1) is 11.3 Å². The summed E-state index contributed by atoms with van der Waals surface area (Å²) in [5.74, 6) is 0.654. The number of nitrogens with one attached hydrogen (secondary N) is 1. The number of carbonyl (C=O) groups excluding carboxylic acids is 1. The lowest BCUT2D eigenvalue weighted by Gasteiger charge is -2.29. The number of thiophene rings is 1. The summed E-state index contributed by atoms with van der Waals surface area (Å²) in [5.41, 5.74) is 1.23. The average molecular weight is 263 g/mol. The summed E-state index contributed by atoms with van der Waals surface area (Å²) in [7, 11) is 0. The molecule has 1 aromatic heterocycles. The maximum absolute atomic E-state index is 11.9. The standard InChI is InChI=1S/C15H21NOS/c1-11-5-3-4-6-13(11)16-15(17)8-7-14-12(2)9-10-18-14/h7-11,13H,3-6H2,1-2H3,(H,16,17)/b8-7+/t11-,13-/m1/s1. The summed E-state index contributed by atoms with van der Waals surface area (Å²) >= 11 is 1.67. The van der Waals surface area contributed by atoms with Crippen molar-refractivity contribution in [1.82, 2.24) is 5.32 Å². The number of carbonyl (C=O) groups is 1. The van der Waals surface area contributed by atoms with E-state index in [0.29, 0.717) is 12.0 Å². The van der Waals surface area contributed by atoms with Gasteiger partial charge in [-0.25, -0.2) is 0 Å². The minimum Gasteiger partial charge on any atom is -0.350 e. The van der Waals surface area contributed by atoms with Crippen molar-refractivity contribution in [1.29, 1.82) is 0 Å². The van der Waals surface area contributed by atoms with E-state index in [1.165, 1.54) is 29.7 Å². The van der Waals surface area contributed by atoms with Crippen LogP contribution in [0.4, 0.5) is 0 Å². The Morgan fingerprint density at radius 3 is 2.89 bits per heavy atom. The Labute approximate surface area is 113 Å². The van der Waals surface area contributed by atoms with Crippen LogP contribution in [0.5, 0.6) is 0 Å². The fourth-order valence-electron chi connectivity index (χ4n) is 2.47. The molecule has 0 unspecified atom stereocenters. The van der Waals surface area contributed by atoms with E-state index < -0.39 is 0 Å². The van der Waals surface area contributed by atoms with Gasteiger partial charge in [0.2, 0.25) is 5.91 Å². The molecule has 0 aromatic carbocycles. The van der Waals surface area contributed by atoms with E-state index in [-0.39, 0.29) is 5.91 Å². The van der Waals surface area contributed by atoms with Crippen LogP contribution in [0, 0.1) is 12.8 Å². The molecule has 1 saturated carbocycles. The zero-order valence-corrected chi connectivity index (χ0v) is 11.9. The monoisotopic (exact) mass is 263 g/mol. The molecule has 1 heterocycles. The number of aryl methyl sites for hydroxylation is 1. The molecule has 2 nitrogen and oxygen atoms in total. The van der Waals surface area contributed by atoms with Crippen molar-refractivity contribution in [3.05, 3.63) is 28.0 Å². The quantitative estimate of drug-likeness (QED) is 0.826. The third kappa shape index (κ3) is 3.45. The number of rotatable bonds is 3. The van der Waals surface area contributed by atoms with Gasteiger partial charge in [0.1, 0.15) is 0 Å². The Hall–Kier alpha value is -1.09. The van der Waals surface area contributed by atoms with Crippen molar-refractivity contribution in [2.45, 2.75) is 45.6 Å². The average Bonchev–Trinajstić information content (AvgIpc) is 2.75. The molecule has 1 aromatic rings. The van der Waals surface area contributed by atoms with E-state index in [4.69, 9.17) is 0 Å². The molecule has 0 radical (unpaired) electrons. The molecule has 18 heavy (non-hydrogen) atoms. The van der Waals surface area contributed by atoms with Gasteiger partial charge in [0.05, 0.1) is 0 Å². The number of amides is 1. The van der Waals surface area contributed by atoms with Gasteiger partial charge in [-0.1, -0.05) is 19.8 Å². The maximum Gasteiger partial charge on any atom is 0.244 e. The van der Waals surface area contributed by atoms with Gasteiger partial charge >= 0.3 is 0 Å². The first-order valence-corrected chi connectivity index (χ1v) is 7.57. The lowest BCUT2D eigenvalue weighted by atomic mass is 9.86. The van der Waals surface area contributed by atoms with Crippen LogP contribution in [-0.4, -0.2) is 11.9 Å². The molecule has 1 amide bonds. The first-order chi connectivity index (χ1) is 8.66. The van der Waals surface area contributed by atoms with Crippen LogP contribution in [-0.2, 0) is 4.79 Å². The molecule has 1 N–H and O–H groups in total. The molecule has 1 aliphatic carbocycles. The smallest absolute Gasteiger partial charge is 0.244 e. The SMILES string of the molecule is Cc1ccsc1/C=C/C(=O)N[C@@H]1CCCC[C@H]1C. The van der Waals surface area contributed by atoms with Crippen LogP contribution in [0.1, 0.15) is 43.0 Å². The minimum absolute atomic E-state index is 0.0431. The van der Waals surface area contributed by atoms with Crippen LogP contribution >= 0.6 is 11.3 Å². The summed E-state index contributed by atoms with van der Waals surface area (Å²) in [6.45, 7) is 4.30. The maximum atomic E-state index is 11.9. The fourth-order valence-corrected chi connectivity index (χ4v) is 3.29. The summed E-state index contributed by atoms with van der Waals surface area (Å²) < 4.78 is 0. The van der Waals surface area contributed by atoms with Gasteiger partial charge in [0.25, 0.3) is 0 Å². The highest BCUT2D eigenvalue weighted by Crippen LogP contribution is 2.23. The second kappa shape index (κ2) is 6.19. The lowest BCUT2D eigenvalue weighted by Crippen LogP contribution is -2.40. The zero-order valence-electron chi connectivity index (χ0n) is 11.1. The van der Waals surface area contributed by atoms with E-state index in [1.54, 1.807) is 17.4 Å². The molecule has 1 aliphatic rings. The molecular formula is C15H21NOS. The summed E-state index contributed by atoms with van der Waals surface area (Å²) in [4.78, 5) is 13.0. The Kier molecular flexibility index (Phi) is 4.59. The Balaban J connectivity index is 1.88. The van der Waals surface area contributed by atoms with E-state index in [2.05, 4.69) is 30.6 Å². The van der Waals surface area contributed by atoms with Gasteiger partial charge < -0.3 is 5.32 Å². The molecule has 98 valence electrons. The van der Waals surface area contributed by atoms with Gasteiger partial charge in [0.15, 0.2) is 0 Å². The largest absolute Gasteiger partial charge is 0.350 e. The van der Waals surface area contributed by atoms with Crippen molar-refractivity contribution >= 4 is 23.3 Å². The summed E-state index contributed by atoms with van der Waals surface area (Å²) in [6.07, 6.45) is 8.49. The van der Waals surface area contributed by atoms with Gasteiger partial charge in [-0.05, 0) is 48.8 Å². The predicted octanol–water partition coefficient (Wildman–Crippen LogP) is 3.76. The highest BCUT2D eigenvalue weighted by molar-refractivity contribution is 7.11. The number of hydrogen-bond acceptors (Lipinski definition) is 2. The summed E-state index contributed by atoms with van der Waals surface area (Å²) in [5, 5.41) is 5.18. The van der Waals surface area contributed by atoms with Gasteiger partial charge in [-0.3, -0.25) is 4.79 Å². The van der Waals surface area contributed by atoms with E-state index in [9.17, 15) is 4.79 Å². The predicted molar refractivity (Wildman–Crippen MR) is 77.7 cm³/mol. The van der Waals surface area contributed by atoms with E-state index in [0.717, 1.165) is 6.42 Å². The first kappa shape index (κ1) is 13.3. The van der Waals surface area contributed by atoms with Crippen molar-refractivity contribution in [2.24, 2.45) is 5.92 Å². The fraction of sp³-hybridized carbons (Fsp3) is 0.533. The van der Waals surface area contributed by atoms with Gasteiger partial charge in [-0.2, -0.15) is 0 Å². The Bertz CT molecular complexity index is 435. The van der Waals surface area contributed by atoms with E-state index >= 15 is 0 Å². The molecule has 2 atom stereocenters. The van der Waals surface area contributed by atoms with Crippen molar-refractivity contribution < 1.29 is 4.79 Å². The van der Waals surface area contributed by atoms with Gasteiger partial charge in [0, 0.05) is 17.0 Å². The van der Waals surface area contributed by atoms with Crippen LogP contribution in [0.2, 0.25) is 0 Å². The number of hydrogen-bond donors (Lipinski definition) is 1. The molecule has 0 bridgehead atoms. The molecule has 0 spiro atoms. The molecular weight excluding hydrogens is 242 g/mol. The Morgan fingerprint density at radius 1 is 1.44 bits per heavy atom. The molecule has 0 aliphatic heterocycles. The van der Waals surface area contributed by atoms with E-state index in [1.807, 2.05) is 6.08 Å². The topological polar surface area (TPSA) is 29.1 Å². The van der Waals surface area contributed by atoms with Crippen LogP contribution in [0.3, 0.4) is 0 Å². The lowest BCUT2D eigenvalue weighted by molar-refractivity contribution is -0.117. The second-order valence-electron chi connectivity index (χ2n) is 5.18. The highest BCUT2D eigenvalue weighted by atomic mass is 32.1. The van der Waals surface area contributed by atoms with Crippen LogP contribution in [0.15, 0.2) is 17.5 Å². The molecule has 0 saturated heterocycles. The first-order valence-electron chi connectivity index (χ1n) is 6.69. The van der Waals surface area contributed by atoms with Crippen molar-refractivity contribution in [2.75, 3.05) is 0 Å². The third-order valence-corrected chi connectivity index (χ3v) is 4.71. The second-order valence-corrected chi connectivity index (χ2v) is 6.13. The Morgan fingerprint density at radius 2 is 2.22 bits per heavy atom. The van der Waals surface area contributed by atoms with Crippen molar-refractivity contribution in [3.63, 3.8) is 0 Å². The van der Waals surface area contributed by atoms with Crippen LogP contribution in [0.25, 0.3) is 6.08 Å². The normalized spacial score (nSPS) is 24.3. The zero-order chi connectivity index (χ0) is 13.0. The third-order valence-electron chi connectivity index (χ3n) is 3.73. The molecule has 2 rings (SSSR count). The molecule has 1 fully saturated rings. The minimum atomic E-state index is 0.0431. The van der Waals surface area contributed by atoms with Crippen LogP contribution < -0.4 is 5.32 Å².